The molecule has 0 aliphatic heterocycles. The molecule has 1 amide bonds. The molecule has 0 aromatic carbocycles. The van der Waals surface area contributed by atoms with Gasteiger partial charge in [0.15, 0.2) is 5.69 Å². The van der Waals surface area contributed by atoms with Crippen molar-refractivity contribution in [2.24, 2.45) is 0 Å². The van der Waals surface area contributed by atoms with Crippen molar-refractivity contribution in [1.82, 2.24) is 15.3 Å². The lowest BCUT2D eigenvalue weighted by molar-refractivity contribution is -0.120. The predicted molar refractivity (Wildman–Crippen MR) is 74.5 cm³/mol. The summed E-state index contributed by atoms with van der Waals surface area (Å²) in [4.78, 5) is 33.0. The summed E-state index contributed by atoms with van der Waals surface area (Å²) in [5, 5.41) is 2.81. The van der Waals surface area contributed by atoms with Gasteiger partial charge in [-0.3, -0.25) is 9.78 Å². The van der Waals surface area contributed by atoms with Gasteiger partial charge in [0.2, 0.25) is 5.91 Å². The third kappa shape index (κ3) is 4.49. The molecule has 0 bridgehead atoms. The predicted octanol–water partition coefficient (Wildman–Crippen LogP) is 0.614. The zero-order valence-corrected chi connectivity index (χ0v) is 12.2. The van der Waals surface area contributed by atoms with Crippen LogP contribution in [0.25, 0.3) is 0 Å². The van der Waals surface area contributed by atoms with Crippen molar-refractivity contribution in [3.63, 3.8) is 0 Å². The van der Waals surface area contributed by atoms with Gasteiger partial charge in [0.1, 0.15) is 5.82 Å². The van der Waals surface area contributed by atoms with Crippen LogP contribution < -0.4 is 10.2 Å². The fraction of sp³-hybridized carbons (Fsp3) is 0.538. The van der Waals surface area contributed by atoms with Crippen molar-refractivity contribution in [2.45, 2.75) is 26.8 Å². The fourth-order valence-corrected chi connectivity index (χ4v) is 1.61. The molecule has 0 aliphatic carbocycles. The largest absolute Gasteiger partial charge is 0.464 e. The minimum atomic E-state index is -0.554. The maximum Gasteiger partial charge on any atom is 0.358 e. The summed E-state index contributed by atoms with van der Waals surface area (Å²) in [6, 6.07) is 0.0775. The molecule has 0 fully saturated rings. The molecule has 0 spiro atoms. The van der Waals surface area contributed by atoms with E-state index in [1.54, 1.807) is 4.90 Å². The molecule has 0 saturated carbocycles. The average molecular weight is 280 g/mol. The smallest absolute Gasteiger partial charge is 0.358 e. The second kappa shape index (κ2) is 7.42. The Hall–Kier alpha value is -2.18. The van der Waals surface area contributed by atoms with Gasteiger partial charge >= 0.3 is 5.97 Å². The Morgan fingerprint density at radius 3 is 2.65 bits per heavy atom. The number of carbonyl (C=O) groups is 2. The minimum Gasteiger partial charge on any atom is -0.464 e. The second-order valence-corrected chi connectivity index (χ2v) is 4.49. The Morgan fingerprint density at radius 2 is 2.10 bits per heavy atom. The van der Waals surface area contributed by atoms with Gasteiger partial charge < -0.3 is 15.0 Å². The highest BCUT2D eigenvalue weighted by Gasteiger charge is 2.15. The van der Waals surface area contributed by atoms with Gasteiger partial charge in [-0.2, -0.15) is 0 Å². The summed E-state index contributed by atoms with van der Waals surface area (Å²) in [7, 11) is 1.28. The third-order valence-electron chi connectivity index (χ3n) is 2.51. The number of amides is 1. The van der Waals surface area contributed by atoms with Gasteiger partial charge in [0, 0.05) is 12.6 Å². The van der Waals surface area contributed by atoms with Gasteiger partial charge in [0.25, 0.3) is 0 Å². The lowest BCUT2D eigenvalue weighted by Crippen LogP contribution is -2.40. The molecule has 20 heavy (non-hydrogen) atoms. The molecule has 1 N–H and O–H groups in total. The highest BCUT2D eigenvalue weighted by Crippen LogP contribution is 2.09. The number of hydrogen-bond acceptors (Lipinski definition) is 6. The van der Waals surface area contributed by atoms with Crippen LogP contribution in [0.4, 0.5) is 5.82 Å². The van der Waals surface area contributed by atoms with Crippen LogP contribution in [-0.2, 0) is 9.53 Å². The van der Waals surface area contributed by atoms with Crippen molar-refractivity contribution >= 4 is 17.7 Å². The summed E-state index contributed by atoms with van der Waals surface area (Å²) in [6.45, 7) is 6.42. The number of likely N-dealkylation sites (N-methyl/N-ethyl adjacent to an activating group) is 1. The van der Waals surface area contributed by atoms with Crippen LogP contribution in [0.2, 0.25) is 0 Å². The van der Waals surface area contributed by atoms with Gasteiger partial charge in [-0.25, -0.2) is 9.78 Å². The molecule has 0 aliphatic rings. The number of esters is 1. The van der Waals surface area contributed by atoms with Crippen molar-refractivity contribution in [2.75, 3.05) is 25.1 Å². The molecule has 1 aromatic rings. The first-order valence-electron chi connectivity index (χ1n) is 6.42. The minimum absolute atomic E-state index is 0.0775. The highest BCUT2D eigenvalue weighted by molar-refractivity contribution is 5.87. The Bertz CT molecular complexity index is 476. The average Bonchev–Trinajstić information content (AvgIpc) is 2.43. The van der Waals surface area contributed by atoms with Gasteiger partial charge in [0.05, 0.1) is 26.0 Å². The van der Waals surface area contributed by atoms with E-state index < -0.39 is 5.97 Å². The lowest BCUT2D eigenvalue weighted by Gasteiger charge is -2.21. The number of anilines is 1. The Balaban J connectivity index is 2.84. The number of nitrogens with zero attached hydrogens (tertiary/aromatic N) is 3. The number of ether oxygens (including phenoxy) is 1. The molecule has 0 saturated heterocycles. The van der Waals surface area contributed by atoms with E-state index in [0.717, 1.165) is 0 Å². The SMILES string of the molecule is CCN(CC(=O)NC(C)C)c1cncc(C(=O)OC)n1. The van der Waals surface area contributed by atoms with Crippen molar-refractivity contribution < 1.29 is 14.3 Å². The van der Waals surface area contributed by atoms with Crippen LogP contribution in [0.15, 0.2) is 12.4 Å². The summed E-state index contributed by atoms with van der Waals surface area (Å²) in [5.74, 6) is -0.191. The molecule has 1 aromatic heterocycles. The van der Waals surface area contributed by atoms with Crippen LogP contribution in [-0.4, -0.2) is 48.1 Å². The monoisotopic (exact) mass is 280 g/mol. The molecule has 7 heteroatoms. The van der Waals surface area contributed by atoms with Gasteiger partial charge in [-0.15, -0.1) is 0 Å². The first-order chi connectivity index (χ1) is 9.47. The molecular weight excluding hydrogens is 260 g/mol. The van der Waals surface area contributed by atoms with E-state index in [2.05, 4.69) is 20.0 Å². The Morgan fingerprint density at radius 1 is 1.40 bits per heavy atom. The Kier molecular flexibility index (Phi) is 5.89. The highest BCUT2D eigenvalue weighted by atomic mass is 16.5. The van der Waals surface area contributed by atoms with E-state index in [1.165, 1.54) is 19.5 Å². The van der Waals surface area contributed by atoms with Gasteiger partial charge in [-0.1, -0.05) is 0 Å². The molecule has 1 heterocycles. The van der Waals surface area contributed by atoms with E-state index in [-0.39, 0.29) is 24.2 Å². The maximum atomic E-state index is 11.8. The zero-order valence-electron chi connectivity index (χ0n) is 12.2. The van der Waals surface area contributed by atoms with Crippen molar-refractivity contribution in [1.29, 1.82) is 0 Å². The van der Waals surface area contributed by atoms with Crippen LogP contribution in [0.5, 0.6) is 0 Å². The zero-order chi connectivity index (χ0) is 15.1. The summed E-state index contributed by atoms with van der Waals surface area (Å²) >= 11 is 0. The molecule has 0 radical (unpaired) electrons. The number of aromatic nitrogens is 2. The van der Waals surface area contributed by atoms with E-state index in [4.69, 9.17) is 0 Å². The molecule has 0 unspecified atom stereocenters. The molecule has 1 rings (SSSR count). The number of rotatable bonds is 6. The Labute approximate surface area is 118 Å². The molecular formula is C13H20N4O3. The quantitative estimate of drug-likeness (QED) is 0.769. The van der Waals surface area contributed by atoms with E-state index in [0.29, 0.717) is 12.4 Å². The van der Waals surface area contributed by atoms with Crippen LogP contribution >= 0.6 is 0 Å². The second-order valence-electron chi connectivity index (χ2n) is 4.49. The van der Waals surface area contributed by atoms with E-state index in [1.807, 2.05) is 20.8 Å². The lowest BCUT2D eigenvalue weighted by atomic mass is 10.3. The summed E-state index contributed by atoms with van der Waals surface area (Å²) in [5.41, 5.74) is 0.118. The number of carbonyl (C=O) groups excluding carboxylic acids is 2. The van der Waals surface area contributed by atoms with Crippen LogP contribution in [0.1, 0.15) is 31.3 Å². The van der Waals surface area contributed by atoms with Gasteiger partial charge in [-0.05, 0) is 20.8 Å². The first-order valence-corrected chi connectivity index (χ1v) is 6.42. The number of hydrogen-bond donors (Lipinski definition) is 1. The van der Waals surface area contributed by atoms with Crippen molar-refractivity contribution in [3.8, 4) is 0 Å². The normalized spacial score (nSPS) is 10.2. The number of methoxy groups -OCH3 is 1. The van der Waals surface area contributed by atoms with Crippen LogP contribution in [0, 0.1) is 0 Å². The fourth-order valence-electron chi connectivity index (χ4n) is 1.61. The summed E-state index contributed by atoms with van der Waals surface area (Å²) in [6.07, 6.45) is 2.84. The summed E-state index contributed by atoms with van der Waals surface area (Å²) < 4.78 is 4.60. The van der Waals surface area contributed by atoms with Crippen molar-refractivity contribution in [3.05, 3.63) is 18.1 Å². The van der Waals surface area contributed by atoms with E-state index in [9.17, 15) is 9.59 Å². The number of nitrogens with one attached hydrogen (secondary N) is 1. The molecule has 7 nitrogen and oxygen atoms in total. The maximum absolute atomic E-state index is 11.8. The standard InChI is InChI=1S/C13H20N4O3/c1-5-17(8-12(18)15-9(2)3)11-7-14-6-10(16-11)13(19)20-4/h6-7,9H,5,8H2,1-4H3,(H,15,18). The molecule has 0 atom stereocenters. The topological polar surface area (TPSA) is 84.4 Å². The van der Waals surface area contributed by atoms with E-state index >= 15 is 0 Å². The van der Waals surface area contributed by atoms with Crippen LogP contribution in [0.3, 0.4) is 0 Å². The first kappa shape index (κ1) is 15.9. The molecule has 110 valence electrons. The third-order valence-corrected chi connectivity index (χ3v) is 2.51.